The second-order valence-electron chi connectivity index (χ2n) is 5.68. The number of hydrogen-bond donors (Lipinski definition) is 1. The van der Waals surface area contributed by atoms with Crippen LogP contribution in [-0.4, -0.2) is 39.0 Å². The van der Waals surface area contributed by atoms with E-state index in [0.29, 0.717) is 16.6 Å². The highest BCUT2D eigenvalue weighted by atomic mass is 32.2. The molecule has 0 bridgehead atoms. The topological polar surface area (TPSA) is 81.9 Å². The largest absolute Gasteiger partial charge is 0.495 e. The van der Waals surface area contributed by atoms with Crippen LogP contribution >= 0.6 is 11.8 Å². The van der Waals surface area contributed by atoms with Crippen molar-refractivity contribution in [1.82, 2.24) is 20.2 Å². The van der Waals surface area contributed by atoms with Gasteiger partial charge in [0, 0.05) is 0 Å². The lowest BCUT2D eigenvalue weighted by atomic mass is 10.1. The van der Waals surface area contributed by atoms with E-state index < -0.39 is 0 Å². The molecule has 8 heteroatoms. The van der Waals surface area contributed by atoms with Gasteiger partial charge in [-0.25, -0.2) is 0 Å². The number of methoxy groups -OCH3 is 1. The first-order valence-corrected chi connectivity index (χ1v) is 8.98. The number of para-hydroxylation sites is 2. The summed E-state index contributed by atoms with van der Waals surface area (Å²) >= 11 is 1.27. The maximum absolute atomic E-state index is 12.3. The zero-order chi connectivity index (χ0) is 18.5. The first-order valence-electron chi connectivity index (χ1n) is 8.00. The fraction of sp³-hybridized carbons (Fsp3) is 0.222. The van der Waals surface area contributed by atoms with Gasteiger partial charge in [-0.2, -0.15) is 4.68 Å². The van der Waals surface area contributed by atoms with Gasteiger partial charge in [-0.3, -0.25) is 4.79 Å². The fourth-order valence-electron chi connectivity index (χ4n) is 2.35. The molecule has 134 valence electrons. The number of hydrogen-bond acceptors (Lipinski definition) is 6. The highest BCUT2D eigenvalue weighted by Gasteiger charge is 2.13. The van der Waals surface area contributed by atoms with Crippen LogP contribution in [0.3, 0.4) is 0 Å². The van der Waals surface area contributed by atoms with Crippen LogP contribution in [0.25, 0.3) is 5.69 Å². The molecular formula is C18H19N5O2S. The van der Waals surface area contributed by atoms with Gasteiger partial charge in [0.2, 0.25) is 11.1 Å². The van der Waals surface area contributed by atoms with Crippen molar-refractivity contribution >= 4 is 23.4 Å². The molecule has 3 aromatic rings. The third kappa shape index (κ3) is 4.02. The molecule has 1 amide bonds. The maximum Gasteiger partial charge on any atom is 0.234 e. The van der Waals surface area contributed by atoms with Gasteiger partial charge in [-0.15, -0.1) is 5.10 Å². The van der Waals surface area contributed by atoms with Gasteiger partial charge in [0.15, 0.2) is 0 Å². The van der Waals surface area contributed by atoms with Crippen LogP contribution in [0.1, 0.15) is 11.1 Å². The average molecular weight is 369 g/mol. The number of rotatable bonds is 6. The number of anilines is 1. The van der Waals surface area contributed by atoms with Crippen molar-refractivity contribution in [2.45, 2.75) is 19.0 Å². The Balaban J connectivity index is 1.68. The highest BCUT2D eigenvalue weighted by molar-refractivity contribution is 7.99. The summed E-state index contributed by atoms with van der Waals surface area (Å²) in [5.41, 5.74) is 3.86. The summed E-state index contributed by atoms with van der Waals surface area (Å²) in [6.45, 7) is 4.09. The van der Waals surface area contributed by atoms with Crippen LogP contribution in [-0.2, 0) is 4.79 Å². The molecule has 0 fully saturated rings. The summed E-state index contributed by atoms with van der Waals surface area (Å²) in [5.74, 6) is 0.642. The third-order valence-electron chi connectivity index (χ3n) is 3.89. The molecule has 0 spiro atoms. The molecule has 1 aromatic heterocycles. The molecule has 0 unspecified atom stereocenters. The first-order chi connectivity index (χ1) is 12.6. The van der Waals surface area contributed by atoms with E-state index in [2.05, 4.69) is 27.8 Å². The molecule has 0 atom stereocenters. The van der Waals surface area contributed by atoms with Crippen LogP contribution in [0.15, 0.2) is 47.6 Å². The van der Waals surface area contributed by atoms with Crippen LogP contribution < -0.4 is 10.1 Å². The zero-order valence-corrected chi connectivity index (χ0v) is 15.6. The van der Waals surface area contributed by atoms with Crippen LogP contribution in [0.2, 0.25) is 0 Å². The number of carbonyl (C=O) groups is 1. The summed E-state index contributed by atoms with van der Waals surface area (Å²) in [6, 6.07) is 13.3. The predicted octanol–water partition coefficient (Wildman–Crippen LogP) is 3.02. The van der Waals surface area contributed by atoms with Gasteiger partial charge in [-0.1, -0.05) is 30.0 Å². The van der Waals surface area contributed by atoms with E-state index in [1.165, 1.54) is 17.3 Å². The molecule has 26 heavy (non-hydrogen) atoms. The van der Waals surface area contributed by atoms with Crippen molar-refractivity contribution in [3.63, 3.8) is 0 Å². The van der Waals surface area contributed by atoms with Gasteiger partial charge in [0.1, 0.15) is 5.75 Å². The molecule has 0 aliphatic heterocycles. The van der Waals surface area contributed by atoms with E-state index in [9.17, 15) is 4.79 Å². The summed E-state index contributed by atoms with van der Waals surface area (Å²) in [4.78, 5) is 12.3. The number of carbonyl (C=O) groups excluding carboxylic acids is 1. The Labute approximate surface area is 155 Å². The number of aryl methyl sites for hydroxylation is 2. The summed E-state index contributed by atoms with van der Waals surface area (Å²) in [5, 5.41) is 15.2. The molecule has 1 heterocycles. The van der Waals surface area contributed by atoms with E-state index in [0.717, 1.165) is 11.3 Å². The number of thioether (sulfide) groups is 1. The molecule has 0 saturated heterocycles. The number of aromatic nitrogens is 4. The Hall–Kier alpha value is -2.87. The molecule has 0 aliphatic carbocycles. The Bertz CT molecular complexity index is 925. The van der Waals surface area contributed by atoms with Crippen LogP contribution in [0.5, 0.6) is 5.75 Å². The summed E-state index contributed by atoms with van der Waals surface area (Å²) in [7, 11) is 1.57. The lowest BCUT2D eigenvalue weighted by Gasteiger charge is -2.10. The number of amides is 1. The van der Waals surface area contributed by atoms with Crippen LogP contribution in [0, 0.1) is 13.8 Å². The Morgan fingerprint density at radius 2 is 2.00 bits per heavy atom. The molecule has 0 radical (unpaired) electrons. The molecule has 3 rings (SSSR count). The predicted molar refractivity (Wildman–Crippen MR) is 101 cm³/mol. The Morgan fingerprint density at radius 3 is 2.77 bits per heavy atom. The minimum Gasteiger partial charge on any atom is -0.495 e. The van der Waals surface area contributed by atoms with Gasteiger partial charge < -0.3 is 10.1 Å². The number of ether oxygens (including phenoxy) is 1. The van der Waals surface area contributed by atoms with Crippen molar-refractivity contribution in [2.75, 3.05) is 18.2 Å². The lowest BCUT2D eigenvalue weighted by molar-refractivity contribution is -0.113. The Morgan fingerprint density at radius 1 is 1.19 bits per heavy atom. The first kappa shape index (κ1) is 17.9. The van der Waals surface area contributed by atoms with Crippen LogP contribution in [0.4, 0.5) is 5.69 Å². The molecule has 1 N–H and O–H groups in total. The SMILES string of the molecule is COc1ccccc1NC(=O)CSc1nnnn1-c1ccc(C)c(C)c1. The van der Waals surface area contributed by atoms with E-state index in [1.807, 2.05) is 37.3 Å². The summed E-state index contributed by atoms with van der Waals surface area (Å²) < 4.78 is 6.87. The number of nitrogens with zero attached hydrogens (tertiary/aromatic N) is 4. The fourth-order valence-corrected chi connectivity index (χ4v) is 3.04. The Kier molecular flexibility index (Phi) is 5.52. The van der Waals surface area contributed by atoms with E-state index in [1.54, 1.807) is 23.9 Å². The monoisotopic (exact) mass is 369 g/mol. The maximum atomic E-state index is 12.3. The van der Waals surface area contributed by atoms with Crippen molar-refractivity contribution in [3.05, 3.63) is 53.6 Å². The van der Waals surface area contributed by atoms with Crippen molar-refractivity contribution in [1.29, 1.82) is 0 Å². The van der Waals surface area contributed by atoms with Gasteiger partial charge >= 0.3 is 0 Å². The van der Waals surface area contributed by atoms with E-state index >= 15 is 0 Å². The quantitative estimate of drug-likeness (QED) is 0.673. The lowest BCUT2D eigenvalue weighted by Crippen LogP contribution is -2.15. The highest BCUT2D eigenvalue weighted by Crippen LogP contribution is 2.24. The molecule has 0 aliphatic rings. The van der Waals surface area contributed by atoms with Crippen molar-refractivity contribution in [3.8, 4) is 11.4 Å². The number of benzene rings is 2. The normalized spacial score (nSPS) is 10.6. The minimum atomic E-state index is -0.158. The van der Waals surface area contributed by atoms with E-state index in [-0.39, 0.29) is 11.7 Å². The number of nitrogens with one attached hydrogen (secondary N) is 1. The van der Waals surface area contributed by atoms with Gasteiger partial charge in [-0.05, 0) is 59.7 Å². The van der Waals surface area contributed by atoms with Gasteiger partial charge in [0.25, 0.3) is 0 Å². The molecule has 0 saturated carbocycles. The number of tetrazole rings is 1. The standard InChI is InChI=1S/C18H19N5O2S/c1-12-8-9-14(10-13(12)2)23-18(20-21-22-23)26-11-17(24)19-15-6-4-5-7-16(15)25-3/h4-10H,11H2,1-3H3,(H,19,24). The molecule has 7 nitrogen and oxygen atoms in total. The molecule has 2 aromatic carbocycles. The average Bonchev–Trinajstić information content (AvgIpc) is 3.11. The zero-order valence-electron chi connectivity index (χ0n) is 14.8. The van der Waals surface area contributed by atoms with Crippen molar-refractivity contribution < 1.29 is 9.53 Å². The van der Waals surface area contributed by atoms with Gasteiger partial charge in [0.05, 0.1) is 24.2 Å². The molecular weight excluding hydrogens is 350 g/mol. The van der Waals surface area contributed by atoms with E-state index in [4.69, 9.17) is 4.74 Å². The van der Waals surface area contributed by atoms with Crippen molar-refractivity contribution in [2.24, 2.45) is 0 Å². The second-order valence-corrected chi connectivity index (χ2v) is 6.62. The second kappa shape index (κ2) is 8.01. The third-order valence-corrected chi connectivity index (χ3v) is 4.81. The smallest absolute Gasteiger partial charge is 0.234 e. The minimum absolute atomic E-state index is 0.158. The summed E-state index contributed by atoms with van der Waals surface area (Å²) in [6.07, 6.45) is 0.